The first-order valence-electron chi connectivity index (χ1n) is 9.31. The second-order valence-corrected chi connectivity index (χ2v) is 7.05. The summed E-state index contributed by atoms with van der Waals surface area (Å²) in [6.45, 7) is 4.11. The van der Waals surface area contributed by atoms with E-state index in [0.29, 0.717) is 6.04 Å². The quantitative estimate of drug-likeness (QED) is 0.677. The fourth-order valence-corrected chi connectivity index (χ4v) is 3.48. The molecule has 1 aliphatic rings. The highest BCUT2D eigenvalue weighted by molar-refractivity contribution is 6.05. The van der Waals surface area contributed by atoms with Gasteiger partial charge in [-0.25, -0.2) is 0 Å². The van der Waals surface area contributed by atoms with Crippen molar-refractivity contribution in [2.24, 2.45) is 0 Å². The summed E-state index contributed by atoms with van der Waals surface area (Å²) in [5, 5.41) is 3.04. The number of hydrogen-bond donors (Lipinski definition) is 1. The van der Waals surface area contributed by atoms with Crippen LogP contribution in [0.15, 0.2) is 54.7 Å². The topological polar surface area (TPSA) is 46.9 Å². The second-order valence-electron chi connectivity index (χ2n) is 7.05. The fraction of sp³-hybridized carbons (Fsp3) is 0.217. The second kappa shape index (κ2) is 7.23. The number of carbonyl (C=O) groups is 1. The smallest absolute Gasteiger partial charge is 0.257 e. The highest BCUT2D eigenvalue weighted by atomic mass is 16.1. The van der Waals surface area contributed by atoms with Gasteiger partial charge in [0.1, 0.15) is 0 Å². The van der Waals surface area contributed by atoms with Gasteiger partial charge in [-0.2, -0.15) is 0 Å². The monoisotopic (exact) mass is 357 g/mol. The summed E-state index contributed by atoms with van der Waals surface area (Å²) in [4.78, 5) is 17.1. The number of benzene rings is 1. The first kappa shape index (κ1) is 17.3. The minimum atomic E-state index is -0.0548. The predicted octanol–water partition coefficient (Wildman–Crippen LogP) is 5.26. The lowest BCUT2D eigenvalue weighted by Gasteiger charge is -2.09. The molecule has 1 N–H and O–H groups in total. The van der Waals surface area contributed by atoms with E-state index in [-0.39, 0.29) is 5.91 Å². The Morgan fingerprint density at radius 1 is 1.11 bits per heavy atom. The molecule has 4 nitrogen and oxygen atoms in total. The largest absolute Gasteiger partial charge is 0.345 e. The first-order valence-corrected chi connectivity index (χ1v) is 9.31. The van der Waals surface area contributed by atoms with E-state index in [0.717, 1.165) is 33.9 Å². The number of pyridine rings is 1. The predicted molar refractivity (Wildman–Crippen MR) is 110 cm³/mol. The molecule has 0 bridgehead atoms. The average Bonchev–Trinajstić information content (AvgIpc) is 3.46. The summed E-state index contributed by atoms with van der Waals surface area (Å²) in [5.74, 6) is -0.0548. The van der Waals surface area contributed by atoms with Gasteiger partial charge >= 0.3 is 0 Å². The summed E-state index contributed by atoms with van der Waals surface area (Å²) in [6.07, 6.45) is 8.15. The molecule has 1 fully saturated rings. The van der Waals surface area contributed by atoms with Gasteiger partial charge in [-0.3, -0.25) is 9.78 Å². The van der Waals surface area contributed by atoms with Crippen LogP contribution in [-0.2, 0) is 0 Å². The van der Waals surface area contributed by atoms with Crippen LogP contribution in [0.2, 0.25) is 0 Å². The molecule has 2 aromatic heterocycles. The van der Waals surface area contributed by atoms with Crippen molar-refractivity contribution in [2.45, 2.75) is 32.7 Å². The van der Waals surface area contributed by atoms with Crippen molar-refractivity contribution in [3.8, 4) is 0 Å². The van der Waals surface area contributed by atoms with Gasteiger partial charge in [0.2, 0.25) is 0 Å². The van der Waals surface area contributed by atoms with Gasteiger partial charge < -0.3 is 9.88 Å². The van der Waals surface area contributed by atoms with Crippen molar-refractivity contribution in [3.05, 3.63) is 82.9 Å². The van der Waals surface area contributed by atoms with Crippen LogP contribution in [0.3, 0.4) is 0 Å². The molecule has 0 saturated heterocycles. The zero-order valence-electron chi connectivity index (χ0n) is 15.6. The summed E-state index contributed by atoms with van der Waals surface area (Å²) < 4.78 is 2.29. The minimum Gasteiger partial charge on any atom is -0.345 e. The van der Waals surface area contributed by atoms with E-state index in [1.165, 1.54) is 12.8 Å². The Morgan fingerprint density at radius 3 is 2.70 bits per heavy atom. The van der Waals surface area contributed by atoms with E-state index in [9.17, 15) is 4.79 Å². The molecule has 27 heavy (non-hydrogen) atoms. The Morgan fingerprint density at radius 2 is 1.96 bits per heavy atom. The zero-order chi connectivity index (χ0) is 18.8. The van der Waals surface area contributed by atoms with E-state index in [4.69, 9.17) is 0 Å². The first-order chi connectivity index (χ1) is 13.1. The molecule has 0 aliphatic heterocycles. The third-order valence-corrected chi connectivity index (χ3v) is 4.92. The van der Waals surface area contributed by atoms with E-state index >= 15 is 0 Å². The lowest BCUT2D eigenvalue weighted by atomic mass is 10.1. The maximum Gasteiger partial charge on any atom is 0.257 e. The third kappa shape index (κ3) is 3.85. The van der Waals surface area contributed by atoms with Crippen LogP contribution in [0.25, 0.3) is 12.2 Å². The van der Waals surface area contributed by atoms with Crippen LogP contribution in [-0.4, -0.2) is 15.5 Å². The highest BCUT2D eigenvalue weighted by Crippen LogP contribution is 2.38. The number of aryl methyl sites for hydroxylation is 1. The van der Waals surface area contributed by atoms with Crippen LogP contribution >= 0.6 is 0 Å². The molecule has 1 aliphatic carbocycles. The highest BCUT2D eigenvalue weighted by Gasteiger charge is 2.28. The lowest BCUT2D eigenvalue weighted by Crippen LogP contribution is -2.13. The number of rotatable bonds is 5. The Balaban J connectivity index is 1.51. The Hall–Kier alpha value is -3.14. The minimum absolute atomic E-state index is 0.0548. The molecule has 0 spiro atoms. The van der Waals surface area contributed by atoms with Gasteiger partial charge in [-0.05, 0) is 68.7 Å². The summed E-state index contributed by atoms with van der Waals surface area (Å²) in [5.41, 5.74) is 5.68. The normalized spacial score (nSPS) is 13.9. The molecule has 1 aromatic carbocycles. The van der Waals surface area contributed by atoms with E-state index in [2.05, 4.69) is 21.8 Å². The number of aromatic nitrogens is 2. The Bertz CT molecular complexity index is 998. The molecule has 1 saturated carbocycles. The molecule has 0 atom stereocenters. The summed E-state index contributed by atoms with van der Waals surface area (Å²) >= 11 is 0. The third-order valence-electron chi connectivity index (χ3n) is 4.92. The van der Waals surface area contributed by atoms with Crippen LogP contribution in [0.5, 0.6) is 0 Å². The number of anilines is 1. The van der Waals surface area contributed by atoms with Crippen LogP contribution in [0, 0.1) is 13.8 Å². The standard InChI is InChI=1S/C23H23N3O/c1-16-14-22(17(2)26(16)21-11-12-21)23(27)25-20-8-5-6-18(15-20)9-10-19-7-3-4-13-24-19/h3-10,13-15,21H,11-12H2,1-2H3,(H,25,27). The molecular weight excluding hydrogens is 334 g/mol. The van der Waals surface area contributed by atoms with Gasteiger partial charge in [0, 0.05) is 29.3 Å². The number of carbonyl (C=O) groups excluding carboxylic acids is 1. The van der Waals surface area contributed by atoms with E-state index in [1.54, 1.807) is 6.20 Å². The molecular formula is C23H23N3O. The Labute approximate surface area is 159 Å². The van der Waals surface area contributed by atoms with Crippen molar-refractivity contribution in [1.29, 1.82) is 0 Å². The van der Waals surface area contributed by atoms with Crippen LogP contribution in [0.4, 0.5) is 5.69 Å². The SMILES string of the molecule is Cc1cc(C(=O)Nc2cccc(C=Cc3ccccn3)c2)c(C)n1C1CC1. The number of nitrogens with zero attached hydrogens (tertiary/aromatic N) is 2. The molecule has 0 radical (unpaired) electrons. The lowest BCUT2D eigenvalue weighted by molar-refractivity contribution is 0.102. The summed E-state index contributed by atoms with van der Waals surface area (Å²) in [6, 6.07) is 16.2. The van der Waals surface area contributed by atoms with Gasteiger partial charge in [0.05, 0.1) is 11.3 Å². The van der Waals surface area contributed by atoms with Gasteiger partial charge in [-0.15, -0.1) is 0 Å². The van der Waals surface area contributed by atoms with E-state index in [1.807, 2.05) is 67.6 Å². The molecule has 4 heteroatoms. The van der Waals surface area contributed by atoms with Gasteiger partial charge in [-0.1, -0.05) is 24.3 Å². The number of nitrogens with one attached hydrogen (secondary N) is 1. The average molecular weight is 357 g/mol. The van der Waals surface area contributed by atoms with Gasteiger partial charge in [0.15, 0.2) is 0 Å². The van der Waals surface area contributed by atoms with Gasteiger partial charge in [0.25, 0.3) is 5.91 Å². The number of amides is 1. The Kier molecular flexibility index (Phi) is 4.63. The molecule has 3 aromatic rings. The van der Waals surface area contributed by atoms with Crippen LogP contribution < -0.4 is 5.32 Å². The van der Waals surface area contributed by atoms with Crippen molar-refractivity contribution < 1.29 is 4.79 Å². The van der Waals surface area contributed by atoms with Crippen molar-refractivity contribution in [1.82, 2.24) is 9.55 Å². The maximum absolute atomic E-state index is 12.8. The zero-order valence-corrected chi connectivity index (χ0v) is 15.6. The molecule has 4 rings (SSSR count). The molecule has 1 amide bonds. The van der Waals surface area contributed by atoms with Crippen molar-refractivity contribution in [2.75, 3.05) is 5.32 Å². The maximum atomic E-state index is 12.8. The van der Waals surface area contributed by atoms with Crippen molar-refractivity contribution in [3.63, 3.8) is 0 Å². The number of hydrogen-bond acceptors (Lipinski definition) is 2. The fourth-order valence-electron chi connectivity index (χ4n) is 3.48. The van der Waals surface area contributed by atoms with Crippen LogP contribution in [0.1, 0.15) is 51.9 Å². The molecule has 136 valence electrons. The van der Waals surface area contributed by atoms with Crippen molar-refractivity contribution >= 4 is 23.7 Å². The molecule has 0 unspecified atom stereocenters. The molecule has 2 heterocycles. The summed E-state index contributed by atoms with van der Waals surface area (Å²) in [7, 11) is 0. The van der Waals surface area contributed by atoms with E-state index < -0.39 is 0 Å².